The van der Waals surface area contributed by atoms with Crippen LogP contribution in [0.25, 0.3) is 11.0 Å². The second-order valence-corrected chi connectivity index (χ2v) is 8.01. The number of piperidine rings is 1. The molecular formula is C24H29FN4O. The van der Waals surface area contributed by atoms with Gasteiger partial charge in [0.15, 0.2) is 0 Å². The van der Waals surface area contributed by atoms with E-state index in [4.69, 9.17) is 4.98 Å². The quantitative estimate of drug-likeness (QED) is 0.626. The van der Waals surface area contributed by atoms with E-state index in [1.165, 1.54) is 17.6 Å². The second-order valence-electron chi connectivity index (χ2n) is 8.01. The standard InChI is InChI=1S/C24H29FN4O/c1-2-3-14-29-22-7-5-4-6-21(22)27-24(29)28-15-12-19(13-16-28)23(30)26-17-18-8-10-20(25)11-9-18/h4-11,19H,2-3,12-17H2,1H3,(H,26,30). The molecule has 0 unspecified atom stereocenters. The Balaban J connectivity index is 1.38. The summed E-state index contributed by atoms with van der Waals surface area (Å²) in [6, 6.07) is 14.6. The highest BCUT2D eigenvalue weighted by atomic mass is 19.1. The molecule has 1 N–H and O–H groups in total. The monoisotopic (exact) mass is 408 g/mol. The van der Waals surface area contributed by atoms with E-state index in [0.717, 1.165) is 62.3 Å². The summed E-state index contributed by atoms with van der Waals surface area (Å²) in [5.41, 5.74) is 3.12. The first-order valence-electron chi connectivity index (χ1n) is 10.9. The van der Waals surface area contributed by atoms with Crippen LogP contribution in [0.5, 0.6) is 0 Å². The summed E-state index contributed by atoms with van der Waals surface area (Å²) >= 11 is 0. The van der Waals surface area contributed by atoms with E-state index in [2.05, 4.69) is 39.9 Å². The first-order chi connectivity index (χ1) is 14.7. The molecular weight excluding hydrogens is 379 g/mol. The fourth-order valence-electron chi connectivity index (χ4n) is 4.12. The minimum atomic E-state index is -0.262. The summed E-state index contributed by atoms with van der Waals surface area (Å²) < 4.78 is 15.3. The maximum absolute atomic E-state index is 13.0. The van der Waals surface area contributed by atoms with Gasteiger partial charge in [-0.25, -0.2) is 9.37 Å². The van der Waals surface area contributed by atoms with Gasteiger partial charge in [-0.2, -0.15) is 0 Å². The number of halogens is 1. The lowest BCUT2D eigenvalue weighted by atomic mass is 9.96. The lowest BCUT2D eigenvalue weighted by Gasteiger charge is -2.32. The van der Waals surface area contributed by atoms with Crippen LogP contribution >= 0.6 is 0 Å². The summed E-state index contributed by atoms with van der Waals surface area (Å²) in [5, 5.41) is 3.00. The van der Waals surface area contributed by atoms with Crippen molar-refractivity contribution in [2.75, 3.05) is 18.0 Å². The van der Waals surface area contributed by atoms with Crippen LogP contribution < -0.4 is 10.2 Å². The van der Waals surface area contributed by atoms with Gasteiger partial charge in [0.05, 0.1) is 11.0 Å². The molecule has 3 aromatic rings. The molecule has 158 valence electrons. The van der Waals surface area contributed by atoms with Gasteiger partial charge in [-0.3, -0.25) is 4.79 Å². The molecule has 0 spiro atoms. The van der Waals surface area contributed by atoms with E-state index in [0.29, 0.717) is 6.54 Å². The van der Waals surface area contributed by atoms with Crippen LogP contribution in [0.3, 0.4) is 0 Å². The smallest absolute Gasteiger partial charge is 0.223 e. The van der Waals surface area contributed by atoms with Crippen molar-refractivity contribution in [3.05, 3.63) is 59.9 Å². The average molecular weight is 409 g/mol. The van der Waals surface area contributed by atoms with E-state index in [9.17, 15) is 9.18 Å². The lowest BCUT2D eigenvalue weighted by Crippen LogP contribution is -2.41. The number of hydrogen-bond acceptors (Lipinski definition) is 3. The number of aromatic nitrogens is 2. The highest BCUT2D eigenvalue weighted by Gasteiger charge is 2.27. The number of rotatable bonds is 7. The Bertz CT molecular complexity index is 990. The minimum Gasteiger partial charge on any atom is -0.352 e. The summed E-state index contributed by atoms with van der Waals surface area (Å²) in [6.45, 7) is 5.25. The number of imidazole rings is 1. The highest BCUT2D eigenvalue weighted by Crippen LogP contribution is 2.27. The molecule has 5 nitrogen and oxygen atoms in total. The van der Waals surface area contributed by atoms with Gasteiger partial charge in [-0.15, -0.1) is 0 Å². The van der Waals surface area contributed by atoms with Crippen LogP contribution in [0.15, 0.2) is 48.5 Å². The largest absolute Gasteiger partial charge is 0.352 e. The van der Waals surface area contributed by atoms with E-state index in [-0.39, 0.29) is 17.6 Å². The third-order valence-corrected chi connectivity index (χ3v) is 5.90. The molecule has 0 saturated carbocycles. The molecule has 4 rings (SSSR count). The molecule has 2 heterocycles. The van der Waals surface area contributed by atoms with Crippen LogP contribution in [-0.2, 0) is 17.9 Å². The van der Waals surface area contributed by atoms with Gasteiger partial charge in [0, 0.05) is 32.1 Å². The number of nitrogens with zero attached hydrogens (tertiary/aromatic N) is 3. The summed E-state index contributed by atoms with van der Waals surface area (Å²) in [6.07, 6.45) is 3.89. The maximum atomic E-state index is 13.0. The molecule has 2 aromatic carbocycles. The van der Waals surface area contributed by atoms with Gasteiger partial charge < -0.3 is 14.8 Å². The van der Waals surface area contributed by atoms with E-state index < -0.39 is 0 Å². The molecule has 1 saturated heterocycles. The number of nitrogens with one attached hydrogen (secondary N) is 1. The Morgan fingerprint density at radius 3 is 2.60 bits per heavy atom. The second kappa shape index (κ2) is 9.28. The fourth-order valence-corrected chi connectivity index (χ4v) is 4.12. The molecule has 1 fully saturated rings. The fraction of sp³-hybridized carbons (Fsp3) is 0.417. The van der Waals surface area contributed by atoms with Crippen LogP contribution in [-0.4, -0.2) is 28.5 Å². The summed E-state index contributed by atoms with van der Waals surface area (Å²) in [4.78, 5) is 19.8. The van der Waals surface area contributed by atoms with E-state index >= 15 is 0 Å². The predicted molar refractivity (Wildman–Crippen MR) is 118 cm³/mol. The van der Waals surface area contributed by atoms with E-state index in [1.807, 2.05) is 6.07 Å². The summed E-state index contributed by atoms with van der Waals surface area (Å²) in [7, 11) is 0. The zero-order valence-corrected chi connectivity index (χ0v) is 17.5. The number of amides is 1. The molecule has 1 amide bonds. The zero-order valence-electron chi connectivity index (χ0n) is 17.5. The number of anilines is 1. The SMILES string of the molecule is CCCCn1c(N2CCC(C(=O)NCc3ccc(F)cc3)CC2)nc2ccccc21. The van der Waals surface area contributed by atoms with Crippen molar-refractivity contribution in [1.29, 1.82) is 0 Å². The van der Waals surface area contributed by atoms with Crippen molar-refractivity contribution in [3.63, 3.8) is 0 Å². The van der Waals surface area contributed by atoms with Crippen molar-refractivity contribution < 1.29 is 9.18 Å². The third kappa shape index (κ3) is 4.48. The molecule has 1 aliphatic heterocycles. The molecule has 0 aliphatic carbocycles. The van der Waals surface area contributed by atoms with Gasteiger partial charge in [-0.1, -0.05) is 37.6 Å². The lowest BCUT2D eigenvalue weighted by molar-refractivity contribution is -0.125. The molecule has 1 aliphatic rings. The van der Waals surface area contributed by atoms with Crippen LogP contribution in [0, 0.1) is 11.7 Å². The number of aryl methyl sites for hydroxylation is 1. The first-order valence-corrected chi connectivity index (χ1v) is 10.9. The summed E-state index contributed by atoms with van der Waals surface area (Å²) in [5.74, 6) is 0.853. The van der Waals surface area contributed by atoms with Gasteiger partial charge in [-0.05, 0) is 49.1 Å². The zero-order chi connectivity index (χ0) is 20.9. The highest BCUT2D eigenvalue weighted by molar-refractivity contribution is 5.80. The number of fused-ring (bicyclic) bond motifs is 1. The number of carbonyl (C=O) groups excluding carboxylic acids is 1. The van der Waals surface area contributed by atoms with Crippen LogP contribution in [0.4, 0.5) is 10.3 Å². The molecule has 6 heteroatoms. The Morgan fingerprint density at radius 2 is 1.87 bits per heavy atom. The Morgan fingerprint density at radius 1 is 1.13 bits per heavy atom. The van der Waals surface area contributed by atoms with E-state index in [1.54, 1.807) is 12.1 Å². The Hall–Kier alpha value is -2.89. The van der Waals surface area contributed by atoms with Crippen LogP contribution in [0.2, 0.25) is 0 Å². The number of para-hydroxylation sites is 2. The normalized spacial score (nSPS) is 14.9. The molecule has 0 atom stereocenters. The van der Waals surface area contributed by atoms with Gasteiger partial charge >= 0.3 is 0 Å². The average Bonchev–Trinajstić information content (AvgIpc) is 3.15. The molecule has 30 heavy (non-hydrogen) atoms. The van der Waals surface area contributed by atoms with Crippen molar-refractivity contribution in [1.82, 2.24) is 14.9 Å². The third-order valence-electron chi connectivity index (χ3n) is 5.90. The van der Waals surface area contributed by atoms with Crippen molar-refractivity contribution in [2.45, 2.75) is 45.7 Å². The predicted octanol–water partition coefficient (Wildman–Crippen LogP) is 4.51. The molecule has 1 aromatic heterocycles. The van der Waals surface area contributed by atoms with Crippen molar-refractivity contribution in [2.24, 2.45) is 5.92 Å². The van der Waals surface area contributed by atoms with Gasteiger partial charge in [0.25, 0.3) is 0 Å². The first kappa shape index (κ1) is 20.4. The molecule has 0 bridgehead atoms. The minimum absolute atomic E-state index is 0.00942. The molecule has 0 radical (unpaired) electrons. The number of hydrogen-bond donors (Lipinski definition) is 1. The van der Waals surface area contributed by atoms with Crippen LogP contribution in [0.1, 0.15) is 38.2 Å². The topological polar surface area (TPSA) is 50.2 Å². The number of carbonyl (C=O) groups is 1. The Kier molecular flexibility index (Phi) is 6.31. The number of unbranched alkanes of at least 4 members (excludes halogenated alkanes) is 1. The Labute approximate surface area is 176 Å². The van der Waals surface area contributed by atoms with Gasteiger partial charge in [0.2, 0.25) is 11.9 Å². The van der Waals surface area contributed by atoms with Crippen molar-refractivity contribution >= 4 is 22.9 Å². The van der Waals surface area contributed by atoms with Crippen molar-refractivity contribution in [3.8, 4) is 0 Å². The number of benzene rings is 2. The van der Waals surface area contributed by atoms with Gasteiger partial charge in [0.1, 0.15) is 5.82 Å². The maximum Gasteiger partial charge on any atom is 0.223 e.